The molecule has 2 aromatic rings. The molecule has 0 saturated carbocycles. The van der Waals surface area contributed by atoms with Crippen molar-refractivity contribution in [1.29, 1.82) is 0 Å². The minimum Gasteiger partial charge on any atom is -0.335 e. The van der Waals surface area contributed by atoms with Crippen LogP contribution >= 0.6 is 12.4 Å². The second-order valence-corrected chi connectivity index (χ2v) is 6.86. The first-order valence-electron chi connectivity index (χ1n) is 8.81. The van der Waals surface area contributed by atoms with E-state index in [9.17, 15) is 4.79 Å². The Morgan fingerprint density at radius 2 is 1.83 bits per heavy atom. The van der Waals surface area contributed by atoms with Crippen LogP contribution in [-0.4, -0.2) is 36.0 Å². The lowest BCUT2D eigenvalue weighted by Gasteiger charge is -2.28. The quantitative estimate of drug-likeness (QED) is 0.923. The van der Waals surface area contributed by atoms with Gasteiger partial charge in [-0.05, 0) is 48.6 Å². The highest BCUT2D eigenvalue weighted by atomic mass is 35.5. The molecule has 0 aromatic heterocycles. The molecule has 0 aliphatic carbocycles. The molecule has 1 amide bonds. The third-order valence-corrected chi connectivity index (χ3v) is 5.38. The van der Waals surface area contributed by atoms with Crippen LogP contribution < -0.4 is 5.32 Å². The summed E-state index contributed by atoms with van der Waals surface area (Å²) in [4.78, 5) is 14.9. The fourth-order valence-electron chi connectivity index (χ4n) is 4.16. The third-order valence-electron chi connectivity index (χ3n) is 5.38. The van der Waals surface area contributed by atoms with Crippen molar-refractivity contribution in [3.63, 3.8) is 0 Å². The van der Waals surface area contributed by atoms with E-state index < -0.39 is 0 Å². The number of halogens is 1. The average Bonchev–Trinajstić information content (AvgIpc) is 2.85. The van der Waals surface area contributed by atoms with Crippen LogP contribution in [0.25, 0.3) is 10.8 Å². The Morgan fingerprint density at radius 1 is 1.04 bits per heavy atom. The van der Waals surface area contributed by atoms with Crippen LogP contribution in [0.1, 0.15) is 31.2 Å². The number of carbonyl (C=O) groups is 1. The minimum absolute atomic E-state index is 0. The first-order chi connectivity index (χ1) is 11.3. The Morgan fingerprint density at radius 3 is 2.71 bits per heavy atom. The SMILES string of the molecule is Cl.O=C(CCc1ccc2ccccc2c1)N1C2CCNCC1CC2. The summed E-state index contributed by atoms with van der Waals surface area (Å²) in [7, 11) is 0. The lowest BCUT2D eigenvalue weighted by atomic mass is 10.0. The summed E-state index contributed by atoms with van der Waals surface area (Å²) in [6.07, 6.45) is 4.93. The van der Waals surface area contributed by atoms with Crippen molar-refractivity contribution in [3.8, 4) is 0 Å². The summed E-state index contributed by atoms with van der Waals surface area (Å²) in [6, 6.07) is 15.8. The Hall–Kier alpha value is -1.58. The Kier molecular flexibility index (Phi) is 5.42. The van der Waals surface area contributed by atoms with Gasteiger partial charge in [-0.15, -0.1) is 12.4 Å². The van der Waals surface area contributed by atoms with Crippen LogP contribution in [0.2, 0.25) is 0 Å². The molecule has 2 bridgehead atoms. The Bertz CT molecular complexity index is 704. The Balaban J connectivity index is 0.00000169. The summed E-state index contributed by atoms with van der Waals surface area (Å²) >= 11 is 0. The molecule has 24 heavy (non-hydrogen) atoms. The normalized spacial score (nSPS) is 22.9. The molecule has 2 unspecified atom stereocenters. The van der Waals surface area contributed by atoms with Gasteiger partial charge in [-0.25, -0.2) is 0 Å². The standard InChI is InChI=1S/C20H24N2O.ClH/c23-20(22-18-8-9-19(22)14-21-12-11-18)10-6-15-5-7-16-3-1-2-4-17(16)13-15;/h1-5,7,13,18-19,21H,6,8-12,14H2;1H. The van der Waals surface area contributed by atoms with E-state index in [4.69, 9.17) is 0 Å². The third kappa shape index (κ3) is 3.42. The molecule has 4 rings (SSSR count). The molecular weight excluding hydrogens is 320 g/mol. The minimum atomic E-state index is 0. The number of amides is 1. The van der Waals surface area contributed by atoms with E-state index in [2.05, 4.69) is 52.7 Å². The zero-order valence-electron chi connectivity index (χ0n) is 13.9. The molecule has 2 saturated heterocycles. The van der Waals surface area contributed by atoms with Crippen LogP contribution in [0, 0.1) is 0 Å². The van der Waals surface area contributed by atoms with Crippen LogP contribution in [0.3, 0.4) is 0 Å². The number of hydrogen-bond donors (Lipinski definition) is 1. The Labute approximate surface area is 149 Å². The van der Waals surface area contributed by atoms with Crippen LogP contribution in [0.15, 0.2) is 42.5 Å². The lowest BCUT2D eigenvalue weighted by Crippen LogP contribution is -2.42. The number of hydrogen-bond acceptors (Lipinski definition) is 2. The van der Waals surface area contributed by atoms with Gasteiger partial charge in [0.05, 0.1) is 0 Å². The van der Waals surface area contributed by atoms with Crippen LogP contribution in [0.4, 0.5) is 0 Å². The molecule has 3 nitrogen and oxygen atoms in total. The van der Waals surface area contributed by atoms with Gasteiger partial charge in [-0.2, -0.15) is 0 Å². The maximum atomic E-state index is 12.7. The molecule has 4 heteroatoms. The van der Waals surface area contributed by atoms with Crippen LogP contribution in [-0.2, 0) is 11.2 Å². The van der Waals surface area contributed by atoms with E-state index in [1.54, 1.807) is 0 Å². The van der Waals surface area contributed by atoms with Crippen molar-refractivity contribution in [1.82, 2.24) is 10.2 Å². The number of rotatable bonds is 3. The number of nitrogens with one attached hydrogen (secondary N) is 1. The van der Waals surface area contributed by atoms with Gasteiger partial charge in [0.25, 0.3) is 0 Å². The molecular formula is C20H25ClN2O. The second-order valence-electron chi connectivity index (χ2n) is 6.86. The molecule has 2 fully saturated rings. The van der Waals surface area contributed by atoms with E-state index >= 15 is 0 Å². The fourth-order valence-corrected chi connectivity index (χ4v) is 4.16. The van der Waals surface area contributed by atoms with Crippen molar-refractivity contribution < 1.29 is 4.79 Å². The zero-order valence-corrected chi connectivity index (χ0v) is 14.7. The van der Waals surface area contributed by atoms with Gasteiger partial charge in [0, 0.05) is 25.0 Å². The summed E-state index contributed by atoms with van der Waals surface area (Å²) < 4.78 is 0. The van der Waals surface area contributed by atoms with E-state index in [1.807, 2.05) is 0 Å². The monoisotopic (exact) mass is 344 g/mol. The highest BCUT2D eigenvalue weighted by molar-refractivity contribution is 5.85. The second kappa shape index (κ2) is 7.54. The summed E-state index contributed by atoms with van der Waals surface area (Å²) in [6.45, 7) is 2.02. The van der Waals surface area contributed by atoms with E-state index in [1.165, 1.54) is 29.2 Å². The predicted molar refractivity (Wildman–Crippen MR) is 101 cm³/mol. The number of carbonyl (C=O) groups excluding carboxylic acids is 1. The molecule has 2 aliphatic rings. The number of aryl methyl sites for hydroxylation is 1. The smallest absolute Gasteiger partial charge is 0.223 e. The molecule has 2 aliphatic heterocycles. The molecule has 0 spiro atoms. The van der Waals surface area contributed by atoms with Gasteiger partial charge in [0.2, 0.25) is 5.91 Å². The van der Waals surface area contributed by atoms with Gasteiger partial charge in [-0.1, -0.05) is 42.5 Å². The summed E-state index contributed by atoms with van der Waals surface area (Å²) in [5, 5.41) is 5.99. The number of nitrogens with zero attached hydrogens (tertiary/aromatic N) is 1. The largest absolute Gasteiger partial charge is 0.335 e. The van der Waals surface area contributed by atoms with Gasteiger partial charge in [0.1, 0.15) is 0 Å². The van der Waals surface area contributed by atoms with E-state index in [0.29, 0.717) is 24.4 Å². The van der Waals surface area contributed by atoms with Crippen LogP contribution in [0.5, 0.6) is 0 Å². The van der Waals surface area contributed by atoms with Crippen molar-refractivity contribution in [2.75, 3.05) is 13.1 Å². The maximum absolute atomic E-state index is 12.7. The van der Waals surface area contributed by atoms with E-state index in [-0.39, 0.29) is 12.4 Å². The summed E-state index contributed by atoms with van der Waals surface area (Å²) in [5.74, 6) is 0.342. The maximum Gasteiger partial charge on any atom is 0.223 e. The highest BCUT2D eigenvalue weighted by Gasteiger charge is 2.37. The van der Waals surface area contributed by atoms with E-state index in [0.717, 1.165) is 25.9 Å². The average molecular weight is 345 g/mol. The first kappa shape index (κ1) is 17.2. The lowest BCUT2D eigenvalue weighted by molar-refractivity contribution is -0.133. The number of fused-ring (bicyclic) bond motifs is 3. The van der Waals surface area contributed by atoms with Gasteiger partial charge in [0.15, 0.2) is 0 Å². The summed E-state index contributed by atoms with van der Waals surface area (Å²) in [5.41, 5.74) is 1.26. The number of benzene rings is 2. The topological polar surface area (TPSA) is 32.3 Å². The predicted octanol–water partition coefficient (Wildman–Crippen LogP) is 3.55. The highest BCUT2D eigenvalue weighted by Crippen LogP contribution is 2.29. The van der Waals surface area contributed by atoms with Crippen molar-refractivity contribution in [2.45, 2.75) is 44.2 Å². The molecule has 2 heterocycles. The van der Waals surface area contributed by atoms with Crippen molar-refractivity contribution >= 4 is 29.1 Å². The molecule has 2 atom stereocenters. The van der Waals surface area contributed by atoms with Crippen molar-refractivity contribution in [2.24, 2.45) is 0 Å². The zero-order chi connectivity index (χ0) is 15.6. The van der Waals surface area contributed by atoms with Gasteiger partial charge >= 0.3 is 0 Å². The first-order valence-corrected chi connectivity index (χ1v) is 8.81. The van der Waals surface area contributed by atoms with Gasteiger partial charge < -0.3 is 10.2 Å². The molecule has 0 radical (unpaired) electrons. The van der Waals surface area contributed by atoms with Crippen molar-refractivity contribution in [3.05, 3.63) is 48.0 Å². The molecule has 128 valence electrons. The molecule has 1 N–H and O–H groups in total. The van der Waals surface area contributed by atoms with Gasteiger partial charge in [-0.3, -0.25) is 4.79 Å². The fraction of sp³-hybridized carbons (Fsp3) is 0.450. The molecule has 2 aromatic carbocycles.